The average molecular weight is 232 g/mol. The van der Waals surface area contributed by atoms with E-state index in [1.807, 2.05) is 13.8 Å². The number of aliphatic hydroxyl groups excluding tert-OH is 2. The summed E-state index contributed by atoms with van der Waals surface area (Å²) in [7, 11) is 0. The maximum absolute atomic E-state index is 12.0. The molecule has 0 unspecified atom stereocenters. The lowest BCUT2D eigenvalue weighted by Gasteiger charge is -2.34. The summed E-state index contributed by atoms with van der Waals surface area (Å²) in [6.45, 7) is 4.89. The Morgan fingerprint density at radius 1 is 1.12 bits per heavy atom. The van der Waals surface area contributed by atoms with Gasteiger partial charge in [0.05, 0.1) is 24.3 Å². The van der Waals surface area contributed by atoms with Crippen LogP contribution in [0, 0.1) is 0 Å². The van der Waals surface area contributed by atoms with E-state index < -0.39 is 11.1 Å². The van der Waals surface area contributed by atoms with E-state index in [0.29, 0.717) is 19.3 Å². The van der Waals surface area contributed by atoms with Crippen molar-refractivity contribution in [3.05, 3.63) is 0 Å². The van der Waals surface area contributed by atoms with Gasteiger partial charge in [0, 0.05) is 0 Å². The molecular weight excluding hydrogens is 208 g/mol. The zero-order chi connectivity index (χ0) is 12.8. The number of amides is 1. The number of hydrogen-bond acceptors (Lipinski definition) is 4. The Balaban J connectivity index is 4.76. The minimum absolute atomic E-state index is 0.296. The molecule has 0 aromatic carbocycles. The first-order valence-electron chi connectivity index (χ1n) is 5.76. The van der Waals surface area contributed by atoms with Crippen molar-refractivity contribution < 1.29 is 15.0 Å². The van der Waals surface area contributed by atoms with Gasteiger partial charge in [-0.1, -0.05) is 20.8 Å². The fraction of sp³-hybridized carbons (Fsp3) is 0.909. The molecule has 0 heterocycles. The smallest absolute Gasteiger partial charge is 0.240 e. The molecule has 5 nitrogen and oxygen atoms in total. The molecule has 5 heteroatoms. The van der Waals surface area contributed by atoms with E-state index in [0.717, 1.165) is 0 Å². The van der Waals surface area contributed by atoms with Crippen molar-refractivity contribution in [2.75, 3.05) is 13.2 Å². The fourth-order valence-electron chi connectivity index (χ4n) is 1.38. The second-order valence-corrected chi connectivity index (χ2v) is 4.27. The Morgan fingerprint density at radius 3 is 1.81 bits per heavy atom. The third-order valence-electron chi connectivity index (χ3n) is 3.37. The summed E-state index contributed by atoms with van der Waals surface area (Å²) in [6, 6.07) is 0. The number of carbonyl (C=O) groups excluding carboxylic acids is 1. The summed E-state index contributed by atoms with van der Waals surface area (Å²) in [4.78, 5) is 12.0. The highest BCUT2D eigenvalue weighted by atomic mass is 16.3. The molecule has 5 N–H and O–H groups in total. The van der Waals surface area contributed by atoms with E-state index in [1.54, 1.807) is 6.92 Å². The number of aliphatic hydroxyl groups is 2. The van der Waals surface area contributed by atoms with Crippen LogP contribution in [0.2, 0.25) is 0 Å². The molecule has 0 aromatic rings. The number of hydrogen-bond donors (Lipinski definition) is 4. The fourth-order valence-corrected chi connectivity index (χ4v) is 1.38. The molecule has 0 rings (SSSR count). The third kappa shape index (κ3) is 3.17. The topological polar surface area (TPSA) is 95.6 Å². The van der Waals surface area contributed by atoms with Gasteiger partial charge in [-0.2, -0.15) is 0 Å². The molecule has 0 aromatic heterocycles. The lowest BCUT2D eigenvalue weighted by atomic mass is 9.90. The highest BCUT2D eigenvalue weighted by Crippen LogP contribution is 2.15. The summed E-state index contributed by atoms with van der Waals surface area (Å²) in [5, 5.41) is 21.1. The van der Waals surface area contributed by atoms with E-state index >= 15 is 0 Å². The van der Waals surface area contributed by atoms with Crippen LogP contribution in [0.25, 0.3) is 0 Å². The Hall–Kier alpha value is -0.650. The first kappa shape index (κ1) is 15.3. The van der Waals surface area contributed by atoms with Crippen LogP contribution < -0.4 is 11.1 Å². The van der Waals surface area contributed by atoms with E-state index in [-0.39, 0.29) is 19.1 Å². The van der Waals surface area contributed by atoms with E-state index in [4.69, 9.17) is 5.73 Å². The van der Waals surface area contributed by atoms with Crippen molar-refractivity contribution in [3.8, 4) is 0 Å². The van der Waals surface area contributed by atoms with E-state index in [2.05, 4.69) is 5.32 Å². The normalized spacial score (nSPS) is 12.6. The molecule has 0 aliphatic rings. The van der Waals surface area contributed by atoms with Gasteiger partial charge in [0.25, 0.3) is 0 Å². The quantitative estimate of drug-likeness (QED) is 0.487. The second-order valence-electron chi connectivity index (χ2n) is 4.27. The highest BCUT2D eigenvalue weighted by Gasteiger charge is 2.36. The zero-order valence-electron chi connectivity index (χ0n) is 10.4. The number of nitrogens with two attached hydrogens (primary N) is 1. The number of rotatable bonds is 7. The molecule has 0 bridgehead atoms. The van der Waals surface area contributed by atoms with Crippen LogP contribution in [-0.4, -0.2) is 40.4 Å². The van der Waals surface area contributed by atoms with E-state index in [1.165, 1.54) is 0 Å². The molecule has 1 amide bonds. The van der Waals surface area contributed by atoms with Gasteiger partial charge in [-0.05, 0) is 19.3 Å². The summed E-state index contributed by atoms with van der Waals surface area (Å²) < 4.78 is 0. The Bertz CT molecular complexity index is 215. The van der Waals surface area contributed by atoms with Crippen LogP contribution in [0.4, 0.5) is 0 Å². The molecule has 0 aliphatic carbocycles. The standard InChI is InChI=1S/C11H24N2O3/c1-4-10(7-14,8-15)13-9(16)11(12,5-2)6-3/h14-15H,4-8,12H2,1-3H3,(H,13,16). The molecule has 96 valence electrons. The molecule has 0 saturated carbocycles. The highest BCUT2D eigenvalue weighted by molar-refractivity contribution is 5.86. The molecule has 0 saturated heterocycles. The van der Waals surface area contributed by atoms with Crippen molar-refractivity contribution in [2.45, 2.75) is 51.1 Å². The summed E-state index contributed by atoms with van der Waals surface area (Å²) in [5.74, 6) is -0.317. The Morgan fingerprint density at radius 2 is 1.56 bits per heavy atom. The van der Waals surface area contributed by atoms with Crippen LogP contribution in [0.15, 0.2) is 0 Å². The largest absolute Gasteiger partial charge is 0.394 e. The predicted molar refractivity (Wildman–Crippen MR) is 62.8 cm³/mol. The van der Waals surface area contributed by atoms with Crippen LogP contribution in [0.3, 0.4) is 0 Å². The maximum Gasteiger partial charge on any atom is 0.240 e. The minimum atomic E-state index is -0.966. The van der Waals surface area contributed by atoms with E-state index in [9.17, 15) is 15.0 Å². The van der Waals surface area contributed by atoms with Crippen molar-refractivity contribution in [3.63, 3.8) is 0 Å². The van der Waals surface area contributed by atoms with Gasteiger partial charge < -0.3 is 21.3 Å². The van der Waals surface area contributed by atoms with Crippen molar-refractivity contribution in [1.82, 2.24) is 5.32 Å². The van der Waals surface area contributed by atoms with Gasteiger partial charge in [0.15, 0.2) is 0 Å². The molecule has 0 fully saturated rings. The molecule has 0 aliphatic heterocycles. The van der Waals surface area contributed by atoms with Crippen molar-refractivity contribution >= 4 is 5.91 Å². The first-order chi connectivity index (χ1) is 7.43. The van der Waals surface area contributed by atoms with Crippen LogP contribution in [0.1, 0.15) is 40.0 Å². The average Bonchev–Trinajstić information content (AvgIpc) is 2.34. The Labute approximate surface area is 97.0 Å². The van der Waals surface area contributed by atoms with Gasteiger partial charge >= 0.3 is 0 Å². The van der Waals surface area contributed by atoms with Crippen molar-refractivity contribution in [2.24, 2.45) is 5.73 Å². The number of nitrogens with one attached hydrogen (secondary N) is 1. The van der Waals surface area contributed by atoms with Crippen molar-refractivity contribution in [1.29, 1.82) is 0 Å². The van der Waals surface area contributed by atoms with Gasteiger partial charge in [-0.3, -0.25) is 4.79 Å². The molecule has 0 radical (unpaired) electrons. The minimum Gasteiger partial charge on any atom is -0.394 e. The maximum atomic E-state index is 12.0. The van der Waals surface area contributed by atoms with Crippen LogP contribution in [-0.2, 0) is 4.79 Å². The lowest BCUT2D eigenvalue weighted by molar-refractivity contribution is -0.130. The van der Waals surface area contributed by atoms with Crippen LogP contribution >= 0.6 is 0 Å². The summed E-state index contributed by atoms with van der Waals surface area (Å²) >= 11 is 0. The van der Waals surface area contributed by atoms with Gasteiger partial charge in [0.1, 0.15) is 0 Å². The lowest BCUT2D eigenvalue weighted by Crippen LogP contribution is -2.62. The molecule has 0 atom stereocenters. The second kappa shape index (κ2) is 6.18. The van der Waals surface area contributed by atoms with Crippen LogP contribution in [0.5, 0.6) is 0 Å². The number of carbonyl (C=O) groups is 1. The SMILES string of the molecule is CCC(CO)(CO)NC(=O)C(N)(CC)CC. The molecule has 16 heavy (non-hydrogen) atoms. The van der Waals surface area contributed by atoms with Gasteiger partial charge in [0.2, 0.25) is 5.91 Å². The first-order valence-corrected chi connectivity index (χ1v) is 5.76. The van der Waals surface area contributed by atoms with Gasteiger partial charge in [-0.15, -0.1) is 0 Å². The molecule has 0 spiro atoms. The van der Waals surface area contributed by atoms with Gasteiger partial charge in [-0.25, -0.2) is 0 Å². The monoisotopic (exact) mass is 232 g/mol. The Kier molecular flexibility index (Phi) is 5.92. The zero-order valence-corrected chi connectivity index (χ0v) is 10.4. The molecular formula is C11H24N2O3. The summed E-state index contributed by atoms with van der Waals surface area (Å²) in [6.07, 6.45) is 1.49. The third-order valence-corrected chi connectivity index (χ3v) is 3.37. The summed E-state index contributed by atoms with van der Waals surface area (Å²) in [5.41, 5.74) is 4.04. The predicted octanol–water partition coefficient (Wildman–Crippen LogP) is -0.246.